The summed E-state index contributed by atoms with van der Waals surface area (Å²) >= 11 is 7.49. The Kier molecular flexibility index (Phi) is 3.80. The van der Waals surface area contributed by atoms with Crippen LogP contribution in [-0.2, 0) is 6.54 Å². The first-order valence-corrected chi connectivity index (χ1v) is 6.81. The molecule has 2 N–H and O–H groups in total. The van der Waals surface area contributed by atoms with E-state index in [-0.39, 0.29) is 0 Å². The van der Waals surface area contributed by atoms with E-state index < -0.39 is 0 Å². The maximum absolute atomic E-state index is 9.04. The van der Waals surface area contributed by atoms with Crippen LogP contribution in [-0.4, -0.2) is 16.0 Å². The Morgan fingerprint density at radius 3 is 2.78 bits per heavy atom. The first kappa shape index (κ1) is 12.8. The van der Waals surface area contributed by atoms with Crippen LogP contribution >= 0.6 is 23.4 Å². The van der Waals surface area contributed by atoms with Crippen LogP contribution in [0, 0.1) is 11.3 Å². The summed E-state index contributed by atoms with van der Waals surface area (Å²) in [5, 5.41) is 14.7. The molecule has 0 saturated carbocycles. The normalized spacial score (nSPS) is 10.3. The van der Waals surface area contributed by atoms with Gasteiger partial charge in [-0.1, -0.05) is 29.8 Å². The molecule has 0 saturated heterocycles. The van der Waals surface area contributed by atoms with Gasteiger partial charge < -0.3 is 5.73 Å². The molecule has 0 aliphatic carbocycles. The number of nitrogens with zero attached hydrogens (tertiary/aromatic N) is 3. The van der Waals surface area contributed by atoms with E-state index >= 15 is 0 Å². The summed E-state index contributed by atoms with van der Waals surface area (Å²) in [5.41, 5.74) is 7.26. The van der Waals surface area contributed by atoms with Crippen molar-refractivity contribution in [1.29, 1.82) is 5.26 Å². The molecule has 1 aromatic carbocycles. The Morgan fingerprint density at radius 2 is 2.22 bits per heavy atom. The van der Waals surface area contributed by atoms with E-state index in [1.54, 1.807) is 4.68 Å². The topological polar surface area (TPSA) is 67.6 Å². The quantitative estimate of drug-likeness (QED) is 0.877. The van der Waals surface area contributed by atoms with Crippen molar-refractivity contribution >= 4 is 29.2 Å². The monoisotopic (exact) mass is 278 g/mol. The molecule has 1 heterocycles. The van der Waals surface area contributed by atoms with Gasteiger partial charge in [0, 0.05) is 5.02 Å². The molecular formula is C12H11ClN4S. The molecule has 0 aliphatic rings. The molecule has 1 aromatic heterocycles. The molecule has 0 spiro atoms. The standard InChI is InChI=1S/C12H11ClN4S/c1-18-12-9(6-14)11(15)17(16-12)7-8-4-2-3-5-10(8)13/h2-5H,7,15H2,1H3. The van der Waals surface area contributed by atoms with E-state index in [0.717, 1.165) is 5.56 Å². The first-order chi connectivity index (χ1) is 8.67. The number of rotatable bonds is 3. The smallest absolute Gasteiger partial charge is 0.141 e. The third-order valence-corrected chi connectivity index (χ3v) is 3.58. The SMILES string of the molecule is CSc1nn(Cc2ccccc2Cl)c(N)c1C#N. The Balaban J connectivity index is 2.39. The minimum Gasteiger partial charge on any atom is -0.383 e. The molecule has 6 heteroatoms. The highest BCUT2D eigenvalue weighted by atomic mass is 35.5. The fraction of sp³-hybridized carbons (Fsp3) is 0.167. The molecule has 2 rings (SSSR count). The molecule has 2 aromatic rings. The van der Waals surface area contributed by atoms with E-state index in [9.17, 15) is 0 Å². The van der Waals surface area contributed by atoms with Gasteiger partial charge >= 0.3 is 0 Å². The van der Waals surface area contributed by atoms with Gasteiger partial charge in [0.25, 0.3) is 0 Å². The van der Waals surface area contributed by atoms with E-state index in [0.29, 0.717) is 28.0 Å². The predicted octanol–water partition coefficient (Wildman–Crippen LogP) is 2.76. The van der Waals surface area contributed by atoms with Crippen LogP contribution in [0.25, 0.3) is 0 Å². The van der Waals surface area contributed by atoms with Crippen molar-refractivity contribution < 1.29 is 0 Å². The second-order valence-electron chi connectivity index (χ2n) is 3.63. The summed E-state index contributed by atoms with van der Waals surface area (Å²) < 4.78 is 1.60. The van der Waals surface area contributed by atoms with Crippen molar-refractivity contribution in [3.63, 3.8) is 0 Å². The molecule has 18 heavy (non-hydrogen) atoms. The van der Waals surface area contributed by atoms with E-state index in [1.807, 2.05) is 30.5 Å². The minimum atomic E-state index is 0.377. The summed E-state index contributed by atoms with van der Waals surface area (Å²) in [7, 11) is 0. The van der Waals surface area contributed by atoms with E-state index in [2.05, 4.69) is 11.2 Å². The van der Waals surface area contributed by atoms with Crippen LogP contribution < -0.4 is 5.73 Å². The van der Waals surface area contributed by atoms with Gasteiger partial charge in [0.15, 0.2) is 0 Å². The largest absolute Gasteiger partial charge is 0.383 e. The van der Waals surface area contributed by atoms with Crippen molar-refractivity contribution in [3.8, 4) is 6.07 Å². The summed E-state index contributed by atoms with van der Waals surface area (Å²) in [5.74, 6) is 0.377. The van der Waals surface area contributed by atoms with Crippen molar-refractivity contribution in [1.82, 2.24) is 9.78 Å². The van der Waals surface area contributed by atoms with Crippen LogP contribution in [0.4, 0.5) is 5.82 Å². The van der Waals surface area contributed by atoms with Crippen LogP contribution in [0.5, 0.6) is 0 Å². The molecule has 0 atom stereocenters. The number of aromatic nitrogens is 2. The number of hydrogen-bond acceptors (Lipinski definition) is 4. The summed E-state index contributed by atoms with van der Waals surface area (Å²) in [4.78, 5) is 0. The maximum Gasteiger partial charge on any atom is 0.141 e. The highest BCUT2D eigenvalue weighted by Crippen LogP contribution is 2.25. The van der Waals surface area contributed by atoms with Crippen LogP contribution in [0.15, 0.2) is 29.3 Å². The predicted molar refractivity (Wildman–Crippen MR) is 73.7 cm³/mol. The van der Waals surface area contributed by atoms with Gasteiger partial charge in [-0.05, 0) is 17.9 Å². The molecule has 92 valence electrons. The number of anilines is 1. The Morgan fingerprint density at radius 1 is 1.50 bits per heavy atom. The number of halogens is 1. The lowest BCUT2D eigenvalue weighted by Crippen LogP contribution is -2.06. The molecule has 0 unspecified atom stereocenters. The lowest BCUT2D eigenvalue weighted by Gasteiger charge is -2.05. The lowest BCUT2D eigenvalue weighted by molar-refractivity contribution is 0.675. The number of nitriles is 1. The number of hydrogen-bond donors (Lipinski definition) is 1. The number of nitrogen functional groups attached to an aromatic ring is 1. The highest BCUT2D eigenvalue weighted by Gasteiger charge is 2.15. The summed E-state index contributed by atoms with van der Waals surface area (Å²) in [6.45, 7) is 0.459. The molecule has 0 fully saturated rings. The van der Waals surface area contributed by atoms with E-state index in [4.69, 9.17) is 22.6 Å². The number of benzene rings is 1. The zero-order valence-electron chi connectivity index (χ0n) is 9.72. The average molecular weight is 279 g/mol. The maximum atomic E-state index is 9.04. The van der Waals surface area contributed by atoms with Gasteiger partial charge in [0.1, 0.15) is 22.5 Å². The van der Waals surface area contributed by atoms with Gasteiger partial charge in [-0.15, -0.1) is 11.8 Å². The molecular weight excluding hydrogens is 268 g/mol. The summed E-state index contributed by atoms with van der Waals surface area (Å²) in [6.07, 6.45) is 1.86. The zero-order valence-corrected chi connectivity index (χ0v) is 11.3. The third kappa shape index (κ3) is 2.30. The van der Waals surface area contributed by atoms with Crippen LogP contribution in [0.1, 0.15) is 11.1 Å². The molecule has 4 nitrogen and oxygen atoms in total. The van der Waals surface area contributed by atoms with Crippen molar-refractivity contribution in [2.24, 2.45) is 0 Å². The molecule has 0 aliphatic heterocycles. The molecule has 0 radical (unpaired) electrons. The van der Waals surface area contributed by atoms with Gasteiger partial charge in [-0.25, -0.2) is 4.68 Å². The second kappa shape index (κ2) is 5.34. The van der Waals surface area contributed by atoms with Crippen molar-refractivity contribution in [3.05, 3.63) is 40.4 Å². The fourth-order valence-corrected chi connectivity index (χ4v) is 2.34. The molecule has 0 amide bonds. The number of thioether (sulfide) groups is 1. The second-order valence-corrected chi connectivity index (χ2v) is 4.83. The van der Waals surface area contributed by atoms with Gasteiger partial charge in [0.2, 0.25) is 0 Å². The highest BCUT2D eigenvalue weighted by molar-refractivity contribution is 7.98. The van der Waals surface area contributed by atoms with Gasteiger partial charge in [0.05, 0.1) is 6.54 Å². The van der Waals surface area contributed by atoms with Crippen LogP contribution in [0.3, 0.4) is 0 Å². The Hall–Kier alpha value is -1.64. The fourth-order valence-electron chi connectivity index (χ4n) is 1.61. The minimum absolute atomic E-state index is 0.377. The van der Waals surface area contributed by atoms with Crippen molar-refractivity contribution in [2.45, 2.75) is 11.6 Å². The molecule has 0 bridgehead atoms. The first-order valence-electron chi connectivity index (χ1n) is 5.21. The van der Waals surface area contributed by atoms with Crippen LogP contribution in [0.2, 0.25) is 5.02 Å². The van der Waals surface area contributed by atoms with Crippen molar-refractivity contribution in [2.75, 3.05) is 12.0 Å². The van der Waals surface area contributed by atoms with E-state index in [1.165, 1.54) is 11.8 Å². The average Bonchev–Trinajstić information content (AvgIpc) is 2.68. The Bertz CT molecular complexity index is 615. The lowest BCUT2D eigenvalue weighted by atomic mass is 10.2. The third-order valence-electron chi connectivity index (χ3n) is 2.54. The van der Waals surface area contributed by atoms with Gasteiger partial charge in [-0.2, -0.15) is 10.4 Å². The number of nitrogens with two attached hydrogens (primary N) is 1. The Labute approximate surface area is 114 Å². The van der Waals surface area contributed by atoms with Gasteiger partial charge in [-0.3, -0.25) is 0 Å². The zero-order chi connectivity index (χ0) is 13.1. The summed E-state index contributed by atoms with van der Waals surface area (Å²) in [6, 6.07) is 9.57.